The zero-order chi connectivity index (χ0) is 19.7. The van der Waals surface area contributed by atoms with Crippen LogP contribution in [0.1, 0.15) is 32.0 Å². The van der Waals surface area contributed by atoms with E-state index in [1.807, 2.05) is 43.3 Å². The monoisotopic (exact) mass is 369 g/mol. The lowest BCUT2D eigenvalue weighted by Crippen LogP contribution is -2.14. The summed E-state index contributed by atoms with van der Waals surface area (Å²) in [6, 6.07) is 21.8. The molecule has 138 valence electrons. The molecule has 5 nitrogen and oxygen atoms in total. The van der Waals surface area contributed by atoms with Crippen LogP contribution in [0.15, 0.2) is 79.0 Å². The van der Waals surface area contributed by atoms with Crippen LogP contribution in [-0.4, -0.2) is 16.1 Å². The average molecular weight is 369 g/mol. The molecule has 0 fully saturated rings. The first-order valence-electron chi connectivity index (χ1n) is 8.93. The molecule has 5 heteroatoms. The minimum absolute atomic E-state index is 0.172. The van der Waals surface area contributed by atoms with E-state index in [4.69, 9.17) is 5.73 Å². The number of anilines is 2. The van der Waals surface area contributed by atoms with Crippen LogP contribution in [0.25, 0.3) is 5.52 Å². The third-order valence-electron chi connectivity index (χ3n) is 4.75. The van der Waals surface area contributed by atoms with Crippen LogP contribution in [-0.2, 0) is 0 Å². The van der Waals surface area contributed by atoms with E-state index in [1.165, 1.54) is 0 Å². The Kier molecular flexibility index (Phi) is 4.41. The number of rotatable bonds is 4. The van der Waals surface area contributed by atoms with Gasteiger partial charge in [-0.1, -0.05) is 54.6 Å². The summed E-state index contributed by atoms with van der Waals surface area (Å²) >= 11 is 0. The van der Waals surface area contributed by atoms with E-state index in [-0.39, 0.29) is 23.1 Å². The van der Waals surface area contributed by atoms with Gasteiger partial charge < -0.3 is 15.5 Å². The number of benzene rings is 2. The molecule has 3 N–H and O–H groups in total. The van der Waals surface area contributed by atoms with E-state index < -0.39 is 0 Å². The van der Waals surface area contributed by atoms with Crippen molar-refractivity contribution in [3.63, 3.8) is 0 Å². The molecule has 2 aromatic heterocycles. The Morgan fingerprint density at radius 1 is 0.893 bits per heavy atom. The van der Waals surface area contributed by atoms with E-state index in [1.54, 1.807) is 47.0 Å². The van der Waals surface area contributed by atoms with E-state index in [0.717, 1.165) is 5.56 Å². The smallest absolute Gasteiger partial charge is 0.259 e. The highest BCUT2D eigenvalue weighted by Crippen LogP contribution is 2.29. The number of para-hydroxylation sites is 1. The van der Waals surface area contributed by atoms with Crippen LogP contribution >= 0.6 is 0 Å². The molecule has 0 aliphatic heterocycles. The van der Waals surface area contributed by atoms with Crippen molar-refractivity contribution < 1.29 is 9.59 Å². The second-order valence-corrected chi connectivity index (χ2v) is 6.56. The summed E-state index contributed by atoms with van der Waals surface area (Å²) in [6.45, 7) is 1.92. The summed E-state index contributed by atoms with van der Waals surface area (Å²) < 4.78 is 1.68. The molecule has 0 saturated heterocycles. The predicted molar refractivity (Wildman–Crippen MR) is 111 cm³/mol. The number of amides is 1. The van der Waals surface area contributed by atoms with Crippen LogP contribution in [0.2, 0.25) is 0 Å². The van der Waals surface area contributed by atoms with Crippen LogP contribution in [0, 0.1) is 6.92 Å². The van der Waals surface area contributed by atoms with Crippen LogP contribution in [0.3, 0.4) is 0 Å². The fourth-order valence-electron chi connectivity index (χ4n) is 3.32. The molecular formula is C23H19N3O2. The zero-order valence-corrected chi connectivity index (χ0v) is 15.3. The van der Waals surface area contributed by atoms with E-state index in [9.17, 15) is 9.59 Å². The summed E-state index contributed by atoms with van der Waals surface area (Å²) in [5.74, 6) is -0.572. The van der Waals surface area contributed by atoms with Gasteiger partial charge in [0.25, 0.3) is 5.91 Å². The van der Waals surface area contributed by atoms with Crippen LogP contribution in [0.5, 0.6) is 0 Å². The SMILES string of the molecule is Cc1ccccc1NC(=O)c1c(N)c(C(=O)c2ccccc2)n2ccccc12. The van der Waals surface area contributed by atoms with E-state index in [2.05, 4.69) is 5.32 Å². The molecular weight excluding hydrogens is 350 g/mol. The van der Waals surface area contributed by atoms with Crippen molar-refractivity contribution in [3.8, 4) is 0 Å². The number of aromatic nitrogens is 1. The molecule has 0 aliphatic rings. The molecule has 1 amide bonds. The number of pyridine rings is 1. The molecule has 0 spiro atoms. The number of ketones is 1. The van der Waals surface area contributed by atoms with Gasteiger partial charge >= 0.3 is 0 Å². The second kappa shape index (κ2) is 7.04. The predicted octanol–water partition coefficient (Wildman–Crippen LogP) is 4.31. The van der Waals surface area contributed by atoms with Crippen molar-refractivity contribution in [2.24, 2.45) is 0 Å². The van der Waals surface area contributed by atoms with Gasteiger partial charge in [0.05, 0.1) is 16.8 Å². The van der Waals surface area contributed by atoms with Crippen molar-refractivity contribution in [1.82, 2.24) is 4.40 Å². The van der Waals surface area contributed by atoms with Gasteiger partial charge in [-0.2, -0.15) is 0 Å². The molecule has 4 rings (SSSR count). The van der Waals surface area contributed by atoms with E-state index >= 15 is 0 Å². The highest BCUT2D eigenvalue weighted by molar-refractivity contribution is 6.20. The maximum absolute atomic E-state index is 13.1. The quantitative estimate of drug-likeness (QED) is 0.526. The summed E-state index contributed by atoms with van der Waals surface area (Å²) in [7, 11) is 0. The van der Waals surface area contributed by atoms with Gasteiger partial charge in [0, 0.05) is 17.4 Å². The van der Waals surface area contributed by atoms with Crippen molar-refractivity contribution >= 4 is 28.6 Å². The third-order valence-corrected chi connectivity index (χ3v) is 4.75. The van der Waals surface area contributed by atoms with Gasteiger partial charge in [0.1, 0.15) is 5.69 Å². The summed E-state index contributed by atoms with van der Waals surface area (Å²) in [4.78, 5) is 26.2. The molecule has 4 aromatic rings. The molecule has 0 atom stereocenters. The summed E-state index contributed by atoms with van der Waals surface area (Å²) in [5.41, 5.74) is 9.85. The number of aryl methyl sites for hydroxylation is 1. The van der Waals surface area contributed by atoms with Crippen molar-refractivity contribution in [3.05, 3.63) is 101 Å². The number of nitrogen functional groups attached to an aromatic ring is 1. The number of nitrogens with one attached hydrogen (secondary N) is 1. The molecule has 0 radical (unpaired) electrons. The number of fused-ring (bicyclic) bond motifs is 1. The van der Waals surface area contributed by atoms with Crippen molar-refractivity contribution in [1.29, 1.82) is 0 Å². The lowest BCUT2D eigenvalue weighted by molar-refractivity contribution is 0.102. The Balaban J connectivity index is 1.84. The summed E-state index contributed by atoms with van der Waals surface area (Å²) in [6.07, 6.45) is 1.74. The highest BCUT2D eigenvalue weighted by Gasteiger charge is 2.26. The number of hydrogen-bond acceptors (Lipinski definition) is 3. The number of nitrogens with two attached hydrogens (primary N) is 1. The second-order valence-electron chi connectivity index (χ2n) is 6.56. The standard InChI is InChI=1S/C23H19N3O2/c1-15-9-5-6-12-17(15)25-23(28)19-18-13-7-8-14-26(18)21(20(19)24)22(27)16-10-3-2-4-11-16/h2-14H,24H2,1H3,(H,25,28). The third kappa shape index (κ3) is 2.93. The Morgan fingerprint density at radius 3 is 2.32 bits per heavy atom. The minimum Gasteiger partial charge on any atom is -0.396 e. The van der Waals surface area contributed by atoms with Gasteiger partial charge in [0.2, 0.25) is 5.78 Å². The van der Waals surface area contributed by atoms with Crippen LogP contribution < -0.4 is 11.1 Å². The number of carbonyl (C=O) groups is 2. The van der Waals surface area contributed by atoms with Crippen molar-refractivity contribution in [2.75, 3.05) is 11.1 Å². The van der Waals surface area contributed by atoms with Gasteiger partial charge in [-0.15, -0.1) is 0 Å². The van der Waals surface area contributed by atoms with Crippen LogP contribution in [0.4, 0.5) is 11.4 Å². The number of nitrogens with zero attached hydrogens (tertiary/aromatic N) is 1. The van der Waals surface area contributed by atoms with Gasteiger partial charge in [-0.05, 0) is 30.7 Å². The first kappa shape index (κ1) is 17.5. The van der Waals surface area contributed by atoms with Gasteiger partial charge in [-0.3, -0.25) is 9.59 Å². The maximum Gasteiger partial charge on any atom is 0.259 e. The lowest BCUT2D eigenvalue weighted by atomic mass is 10.1. The molecule has 2 aromatic carbocycles. The fraction of sp³-hybridized carbons (Fsp3) is 0.0435. The molecule has 0 aliphatic carbocycles. The molecule has 2 heterocycles. The summed E-state index contributed by atoms with van der Waals surface area (Å²) in [5, 5.41) is 2.91. The molecule has 0 saturated carbocycles. The topological polar surface area (TPSA) is 76.6 Å². The largest absolute Gasteiger partial charge is 0.396 e. The number of hydrogen-bond donors (Lipinski definition) is 2. The van der Waals surface area contributed by atoms with Gasteiger partial charge in [0.15, 0.2) is 0 Å². The molecule has 0 bridgehead atoms. The lowest BCUT2D eigenvalue weighted by Gasteiger charge is -2.08. The van der Waals surface area contributed by atoms with E-state index in [0.29, 0.717) is 22.3 Å². The van der Waals surface area contributed by atoms with Gasteiger partial charge in [-0.25, -0.2) is 0 Å². The Bertz CT molecular complexity index is 1190. The van der Waals surface area contributed by atoms with Crippen molar-refractivity contribution in [2.45, 2.75) is 6.92 Å². The zero-order valence-electron chi connectivity index (χ0n) is 15.3. The number of carbonyl (C=O) groups excluding carboxylic acids is 2. The molecule has 28 heavy (non-hydrogen) atoms. The molecule has 0 unspecified atom stereocenters. The normalized spacial score (nSPS) is 10.8. The minimum atomic E-state index is -0.345. The first-order chi connectivity index (χ1) is 13.6. The Morgan fingerprint density at radius 2 is 1.57 bits per heavy atom. The average Bonchev–Trinajstić information content (AvgIpc) is 3.01. The fourth-order valence-corrected chi connectivity index (χ4v) is 3.32. The first-order valence-corrected chi connectivity index (χ1v) is 8.93. The maximum atomic E-state index is 13.1. The Labute approximate surface area is 162 Å². The Hall–Kier alpha value is -3.86. The highest BCUT2D eigenvalue weighted by atomic mass is 16.2.